The molecule has 0 aromatic carbocycles. The molecule has 0 aliphatic carbocycles. The molecule has 0 saturated carbocycles. The summed E-state index contributed by atoms with van der Waals surface area (Å²) in [5.74, 6) is -0.134. The summed E-state index contributed by atoms with van der Waals surface area (Å²) < 4.78 is 0. The van der Waals surface area contributed by atoms with Gasteiger partial charge in [0.1, 0.15) is 0 Å². The van der Waals surface area contributed by atoms with E-state index in [-0.39, 0.29) is 23.9 Å². The maximum Gasteiger partial charge on any atom is 0.324 e. The molecule has 0 aromatic rings. The molecule has 15 heavy (non-hydrogen) atoms. The molecule has 1 fully saturated rings. The number of nitrogens with zero attached hydrogens (tertiary/aromatic N) is 1. The molecule has 0 spiro atoms. The van der Waals surface area contributed by atoms with E-state index in [1.807, 2.05) is 0 Å². The molecule has 1 aliphatic rings. The summed E-state index contributed by atoms with van der Waals surface area (Å²) in [5, 5.41) is 2.49. The molecule has 0 atom stereocenters. The molecule has 3 amide bonds. The number of nitrogens with two attached hydrogens (primary N) is 1. The van der Waals surface area contributed by atoms with Crippen LogP contribution in [-0.4, -0.2) is 36.5 Å². The minimum absolute atomic E-state index is 0.0826. The highest BCUT2D eigenvalue weighted by atomic mass is 16.2. The molecule has 0 radical (unpaired) electrons. The molecule has 3 N–H and O–H groups in total. The van der Waals surface area contributed by atoms with Gasteiger partial charge in [-0.3, -0.25) is 9.69 Å². The first kappa shape index (κ1) is 12.0. The lowest BCUT2D eigenvalue weighted by Gasteiger charge is -2.23. The topological polar surface area (TPSA) is 75.4 Å². The van der Waals surface area contributed by atoms with E-state index in [0.717, 1.165) is 12.8 Å². The average Bonchev–Trinajstić information content (AvgIpc) is 2.49. The Morgan fingerprint density at radius 1 is 1.47 bits per heavy atom. The molecular formula is C10H19N3O2. The molecular weight excluding hydrogens is 194 g/mol. The summed E-state index contributed by atoms with van der Waals surface area (Å²) in [7, 11) is 0. The van der Waals surface area contributed by atoms with E-state index < -0.39 is 0 Å². The predicted octanol–water partition coefficient (Wildman–Crippen LogP) is 0.303. The van der Waals surface area contributed by atoms with Crippen molar-refractivity contribution in [1.29, 1.82) is 0 Å². The Morgan fingerprint density at radius 2 is 2.13 bits per heavy atom. The molecule has 0 unspecified atom stereocenters. The van der Waals surface area contributed by atoms with E-state index in [4.69, 9.17) is 5.73 Å². The van der Waals surface area contributed by atoms with Crippen molar-refractivity contribution in [3.8, 4) is 0 Å². The van der Waals surface area contributed by atoms with Crippen LogP contribution in [0.3, 0.4) is 0 Å². The maximum atomic E-state index is 11.2. The van der Waals surface area contributed by atoms with Crippen molar-refractivity contribution in [2.75, 3.05) is 19.6 Å². The normalized spacial score (nSPS) is 17.1. The summed E-state index contributed by atoms with van der Waals surface area (Å²) >= 11 is 0. The first-order valence-electron chi connectivity index (χ1n) is 5.24. The third-order valence-electron chi connectivity index (χ3n) is 2.72. The molecule has 5 heteroatoms. The van der Waals surface area contributed by atoms with Crippen molar-refractivity contribution in [1.82, 2.24) is 10.2 Å². The fourth-order valence-electron chi connectivity index (χ4n) is 1.50. The maximum absolute atomic E-state index is 11.2. The summed E-state index contributed by atoms with van der Waals surface area (Å²) in [4.78, 5) is 23.7. The SMILES string of the molecule is CC(C)(CN)CCCN1C(=O)CNC1=O. The predicted molar refractivity (Wildman–Crippen MR) is 57.2 cm³/mol. The highest BCUT2D eigenvalue weighted by Crippen LogP contribution is 2.20. The first-order chi connectivity index (χ1) is 6.96. The van der Waals surface area contributed by atoms with Crippen molar-refractivity contribution in [3.63, 3.8) is 0 Å². The van der Waals surface area contributed by atoms with Gasteiger partial charge in [-0.05, 0) is 24.8 Å². The smallest absolute Gasteiger partial charge is 0.324 e. The van der Waals surface area contributed by atoms with E-state index in [1.54, 1.807) is 0 Å². The zero-order valence-electron chi connectivity index (χ0n) is 9.38. The second kappa shape index (κ2) is 4.61. The first-order valence-corrected chi connectivity index (χ1v) is 5.24. The van der Waals surface area contributed by atoms with Crippen LogP contribution in [-0.2, 0) is 4.79 Å². The van der Waals surface area contributed by atoms with E-state index in [1.165, 1.54) is 4.90 Å². The van der Waals surface area contributed by atoms with E-state index in [9.17, 15) is 9.59 Å². The molecule has 86 valence electrons. The number of rotatable bonds is 5. The lowest BCUT2D eigenvalue weighted by Crippen LogP contribution is -2.33. The van der Waals surface area contributed by atoms with Crippen LogP contribution in [0, 0.1) is 5.41 Å². The molecule has 0 bridgehead atoms. The Labute approximate surface area is 90.0 Å². The van der Waals surface area contributed by atoms with Gasteiger partial charge in [-0.15, -0.1) is 0 Å². The number of carbonyl (C=O) groups excluding carboxylic acids is 2. The van der Waals surface area contributed by atoms with Gasteiger partial charge in [0.05, 0.1) is 6.54 Å². The van der Waals surface area contributed by atoms with E-state index in [2.05, 4.69) is 19.2 Å². The fourth-order valence-corrected chi connectivity index (χ4v) is 1.50. The van der Waals surface area contributed by atoms with Crippen molar-refractivity contribution < 1.29 is 9.59 Å². The fraction of sp³-hybridized carbons (Fsp3) is 0.800. The van der Waals surface area contributed by atoms with Crippen LogP contribution in [0.4, 0.5) is 4.79 Å². The summed E-state index contributed by atoms with van der Waals surface area (Å²) in [6, 6.07) is -0.273. The second-order valence-electron chi connectivity index (χ2n) is 4.68. The van der Waals surface area contributed by atoms with Crippen molar-refractivity contribution >= 4 is 11.9 Å². The summed E-state index contributed by atoms with van der Waals surface area (Å²) in [5.41, 5.74) is 5.68. The van der Waals surface area contributed by atoms with Gasteiger partial charge in [0, 0.05) is 6.54 Å². The zero-order valence-corrected chi connectivity index (χ0v) is 9.38. The third-order valence-corrected chi connectivity index (χ3v) is 2.72. The van der Waals surface area contributed by atoms with Crippen LogP contribution in [0.15, 0.2) is 0 Å². The Morgan fingerprint density at radius 3 is 2.60 bits per heavy atom. The number of amides is 3. The van der Waals surface area contributed by atoms with Crippen LogP contribution >= 0.6 is 0 Å². The molecule has 1 heterocycles. The summed E-state index contributed by atoms with van der Waals surface area (Å²) in [6.07, 6.45) is 1.73. The van der Waals surface area contributed by atoms with Crippen molar-refractivity contribution in [2.45, 2.75) is 26.7 Å². The highest BCUT2D eigenvalue weighted by Gasteiger charge is 2.28. The number of nitrogens with one attached hydrogen (secondary N) is 1. The van der Waals surface area contributed by atoms with E-state index in [0.29, 0.717) is 13.1 Å². The van der Waals surface area contributed by atoms with Crippen molar-refractivity contribution in [3.05, 3.63) is 0 Å². The van der Waals surface area contributed by atoms with Crippen LogP contribution in [0.5, 0.6) is 0 Å². The largest absolute Gasteiger partial charge is 0.330 e. The molecule has 1 aliphatic heterocycles. The van der Waals surface area contributed by atoms with Crippen LogP contribution in [0.2, 0.25) is 0 Å². The Hall–Kier alpha value is -1.10. The minimum Gasteiger partial charge on any atom is -0.330 e. The number of hydrogen-bond acceptors (Lipinski definition) is 3. The monoisotopic (exact) mass is 213 g/mol. The Kier molecular flexibility index (Phi) is 3.68. The van der Waals surface area contributed by atoms with Crippen LogP contribution in [0.1, 0.15) is 26.7 Å². The van der Waals surface area contributed by atoms with Gasteiger partial charge in [-0.25, -0.2) is 4.79 Å². The van der Waals surface area contributed by atoms with Gasteiger partial charge in [0.25, 0.3) is 0 Å². The molecule has 0 aromatic heterocycles. The number of imide groups is 1. The van der Waals surface area contributed by atoms with Gasteiger partial charge in [0.15, 0.2) is 0 Å². The second-order valence-corrected chi connectivity index (χ2v) is 4.68. The molecule has 5 nitrogen and oxygen atoms in total. The van der Waals surface area contributed by atoms with E-state index >= 15 is 0 Å². The van der Waals surface area contributed by atoms with Crippen LogP contribution in [0.25, 0.3) is 0 Å². The van der Waals surface area contributed by atoms with Gasteiger partial charge in [0.2, 0.25) is 5.91 Å². The van der Waals surface area contributed by atoms with Crippen molar-refractivity contribution in [2.24, 2.45) is 11.1 Å². The molecule has 1 saturated heterocycles. The lowest BCUT2D eigenvalue weighted by atomic mass is 9.88. The highest BCUT2D eigenvalue weighted by molar-refractivity contribution is 6.01. The number of urea groups is 1. The Balaban J connectivity index is 2.31. The average molecular weight is 213 g/mol. The quantitative estimate of drug-likeness (QED) is 0.645. The Bertz CT molecular complexity index is 247. The van der Waals surface area contributed by atoms with Gasteiger partial charge in [-0.2, -0.15) is 0 Å². The van der Waals surface area contributed by atoms with Crippen LogP contribution < -0.4 is 11.1 Å². The van der Waals surface area contributed by atoms with Gasteiger partial charge >= 0.3 is 6.03 Å². The van der Waals surface area contributed by atoms with Gasteiger partial charge in [-0.1, -0.05) is 13.8 Å². The third kappa shape index (κ3) is 3.20. The zero-order chi connectivity index (χ0) is 11.5. The summed E-state index contributed by atoms with van der Waals surface area (Å²) in [6.45, 7) is 5.41. The molecule has 1 rings (SSSR count). The minimum atomic E-state index is -0.273. The van der Waals surface area contributed by atoms with Gasteiger partial charge < -0.3 is 11.1 Å². The standard InChI is InChI=1S/C10H19N3O2/c1-10(2,7-11)4-3-5-13-8(14)6-12-9(13)15/h3-7,11H2,1-2H3,(H,12,15). The number of hydrogen-bond donors (Lipinski definition) is 2. The number of carbonyl (C=O) groups is 2. The lowest BCUT2D eigenvalue weighted by molar-refractivity contribution is -0.125.